The molecule has 0 aromatic carbocycles. The van der Waals surface area contributed by atoms with Gasteiger partial charge in [0.2, 0.25) is 0 Å². The fourth-order valence-corrected chi connectivity index (χ4v) is 2.57. The second-order valence-corrected chi connectivity index (χ2v) is 5.06. The van der Waals surface area contributed by atoms with Crippen molar-refractivity contribution >= 4 is 29.7 Å². The predicted molar refractivity (Wildman–Crippen MR) is 68.4 cm³/mol. The minimum Gasteiger partial charge on any atom is -0.481 e. The summed E-state index contributed by atoms with van der Waals surface area (Å²) in [5.41, 5.74) is 0. The van der Waals surface area contributed by atoms with Gasteiger partial charge in [-0.05, 0) is 0 Å². The zero-order valence-electron chi connectivity index (χ0n) is 10.6. The maximum Gasteiger partial charge on any atom is 0.313 e. The Morgan fingerprint density at radius 2 is 1.84 bits per heavy atom. The van der Waals surface area contributed by atoms with E-state index in [9.17, 15) is 14.4 Å². The molecule has 1 aliphatic carbocycles. The average Bonchev–Trinajstić information content (AvgIpc) is 2.28. The SMILES string of the molecule is CC(=O)OC1[CH]C=CC(SCC(=O)O)C1OC(C)=O. The summed E-state index contributed by atoms with van der Waals surface area (Å²) >= 11 is 1.11. The lowest BCUT2D eigenvalue weighted by molar-refractivity contribution is -0.162. The van der Waals surface area contributed by atoms with Crippen LogP contribution < -0.4 is 0 Å². The van der Waals surface area contributed by atoms with E-state index < -0.39 is 30.1 Å². The van der Waals surface area contributed by atoms with E-state index >= 15 is 0 Å². The first-order chi connectivity index (χ1) is 8.90. The Morgan fingerprint density at radius 3 is 2.37 bits per heavy atom. The van der Waals surface area contributed by atoms with Crippen molar-refractivity contribution in [2.75, 3.05) is 5.75 Å². The summed E-state index contributed by atoms with van der Waals surface area (Å²) in [5, 5.41) is 8.31. The molecule has 0 aromatic heterocycles. The van der Waals surface area contributed by atoms with Gasteiger partial charge in [-0.2, -0.15) is 0 Å². The van der Waals surface area contributed by atoms with Crippen LogP contribution in [0.4, 0.5) is 0 Å². The summed E-state index contributed by atoms with van der Waals surface area (Å²) in [5.74, 6) is -2.08. The molecule has 1 rings (SSSR count). The first kappa shape index (κ1) is 15.6. The van der Waals surface area contributed by atoms with Crippen molar-refractivity contribution in [1.82, 2.24) is 0 Å². The zero-order chi connectivity index (χ0) is 14.4. The molecule has 0 aliphatic heterocycles. The summed E-state index contributed by atoms with van der Waals surface area (Å²) in [7, 11) is 0. The number of esters is 2. The molecule has 7 heteroatoms. The Labute approximate surface area is 115 Å². The number of thioether (sulfide) groups is 1. The van der Waals surface area contributed by atoms with Gasteiger partial charge in [-0.1, -0.05) is 12.2 Å². The number of rotatable bonds is 5. The summed E-state index contributed by atoms with van der Waals surface area (Å²) in [4.78, 5) is 32.7. The van der Waals surface area contributed by atoms with Gasteiger partial charge in [-0.15, -0.1) is 11.8 Å². The second-order valence-electron chi connectivity index (χ2n) is 3.89. The van der Waals surface area contributed by atoms with Gasteiger partial charge in [0.1, 0.15) is 6.10 Å². The van der Waals surface area contributed by atoms with Crippen LogP contribution in [-0.2, 0) is 23.9 Å². The molecule has 3 atom stereocenters. The molecule has 19 heavy (non-hydrogen) atoms. The third-order valence-corrected chi connectivity index (χ3v) is 3.48. The van der Waals surface area contributed by atoms with E-state index in [-0.39, 0.29) is 11.0 Å². The number of carboxylic acids is 1. The molecular formula is C12H15O6S. The van der Waals surface area contributed by atoms with E-state index in [4.69, 9.17) is 14.6 Å². The molecule has 6 nitrogen and oxygen atoms in total. The fraction of sp³-hybridized carbons (Fsp3) is 0.500. The van der Waals surface area contributed by atoms with E-state index in [1.165, 1.54) is 13.8 Å². The third-order valence-electron chi connectivity index (χ3n) is 2.25. The van der Waals surface area contributed by atoms with Gasteiger partial charge in [0, 0.05) is 20.3 Å². The van der Waals surface area contributed by atoms with Crippen LogP contribution in [0.1, 0.15) is 13.8 Å². The largest absolute Gasteiger partial charge is 0.481 e. The molecule has 0 spiro atoms. The highest BCUT2D eigenvalue weighted by Crippen LogP contribution is 2.28. The van der Waals surface area contributed by atoms with Crippen molar-refractivity contribution in [2.45, 2.75) is 31.3 Å². The highest BCUT2D eigenvalue weighted by molar-refractivity contribution is 8.00. The monoisotopic (exact) mass is 287 g/mol. The number of carbonyl (C=O) groups is 3. The molecule has 105 valence electrons. The first-order valence-electron chi connectivity index (χ1n) is 5.59. The van der Waals surface area contributed by atoms with Crippen molar-refractivity contribution in [3.05, 3.63) is 18.6 Å². The number of carbonyl (C=O) groups excluding carboxylic acids is 2. The summed E-state index contributed by atoms with van der Waals surface area (Å²) in [6.45, 7) is 2.51. The van der Waals surface area contributed by atoms with E-state index in [1.807, 2.05) is 0 Å². The van der Waals surface area contributed by atoms with Gasteiger partial charge in [0.05, 0.1) is 11.0 Å². The molecule has 1 N–H and O–H groups in total. The summed E-state index contributed by atoms with van der Waals surface area (Å²) < 4.78 is 10.2. The molecular weight excluding hydrogens is 272 g/mol. The minimum absolute atomic E-state index is 0.125. The topological polar surface area (TPSA) is 89.9 Å². The number of hydrogen-bond acceptors (Lipinski definition) is 6. The van der Waals surface area contributed by atoms with Gasteiger partial charge in [0.15, 0.2) is 6.10 Å². The van der Waals surface area contributed by atoms with Gasteiger partial charge < -0.3 is 14.6 Å². The van der Waals surface area contributed by atoms with Crippen molar-refractivity contribution in [3.63, 3.8) is 0 Å². The van der Waals surface area contributed by atoms with Crippen LogP contribution in [-0.4, -0.2) is 46.2 Å². The predicted octanol–water partition coefficient (Wildman–Crippen LogP) is 0.810. The van der Waals surface area contributed by atoms with E-state index in [2.05, 4.69) is 0 Å². The van der Waals surface area contributed by atoms with Gasteiger partial charge in [0.25, 0.3) is 0 Å². The lowest BCUT2D eigenvalue weighted by atomic mass is 10.0. The number of ether oxygens (including phenoxy) is 2. The van der Waals surface area contributed by atoms with Gasteiger partial charge in [-0.25, -0.2) is 0 Å². The van der Waals surface area contributed by atoms with Gasteiger partial charge >= 0.3 is 17.9 Å². The molecule has 0 aromatic rings. The van der Waals surface area contributed by atoms with Crippen LogP contribution in [0, 0.1) is 6.42 Å². The van der Waals surface area contributed by atoms with Gasteiger partial charge in [-0.3, -0.25) is 14.4 Å². The van der Waals surface area contributed by atoms with E-state index in [1.54, 1.807) is 18.6 Å². The number of carboxylic acid groups (broad SMARTS) is 1. The Hall–Kier alpha value is -1.50. The highest BCUT2D eigenvalue weighted by Gasteiger charge is 2.36. The Morgan fingerprint density at radius 1 is 1.21 bits per heavy atom. The fourth-order valence-electron chi connectivity index (χ4n) is 1.63. The van der Waals surface area contributed by atoms with Crippen LogP contribution >= 0.6 is 11.8 Å². The van der Waals surface area contributed by atoms with Crippen molar-refractivity contribution in [1.29, 1.82) is 0 Å². The van der Waals surface area contributed by atoms with Crippen molar-refractivity contribution < 1.29 is 29.0 Å². The van der Waals surface area contributed by atoms with Crippen molar-refractivity contribution in [2.24, 2.45) is 0 Å². The number of aliphatic carboxylic acids is 1. The highest BCUT2D eigenvalue weighted by atomic mass is 32.2. The smallest absolute Gasteiger partial charge is 0.313 e. The van der Waals surface area contributed by atoms with E-state index in [0.717, 1.165) is 11.8 Å². The quantitative estimate of drug-likeness (QED) is 0.748. The van der Waals surface area contributed by atoms with Crippen LogP contribution in [0.15, 0.2) is 12.2 Å². The number of hydrogen-bond donors (Lipinski definition) is 1. The van der Waals surface area contributed by atoms with Crippen LogP contribution in [0.3, 0.4) is 0 Å². The molecule has 0 amide bonds. The maximum atomic E-state index is 11.1. The van der Waals surface area contributed by atoms with E-state index in [0.29, 0.717) is 0 Å². The lowest BCUT2D eigenvalue weighted by Gasteiger charge is -2.32. The molecule has 1 aliphatic rings. The molecule has 0 saturated carbocycles. The molecule has 0 fully saturated rings. The molecule has 3 unspecified atom stereocenters. The maximum absolute atomic E-state index is 11.1. The third kappa shape index (κ3) is 5.34. The Kier molecular flexibility index (Phi) is 5.88. The normalized spacial score (nSPS) is 25.7. The summed E-state index contributed by atoms with van der Waals surface area (Å²) in [6, 6.07) is 0. The van der Waals surface area contributed by atoms with Crippen LogP contribution in [0.5, 0.6) is 0 Å². The summed E-state index contributed by atoms with van der Waals surface area (Å²) in [6.07, 6.45) is 3.59. The average molecular weight is 287 g/mol. The van der Waals surface area contributed by atoms with Crippen LogP contribution in [0.2, 0.25) is 0 Å². The van der Waals surface area contributed by atoms with Crippen LogP contribution in [0.25, 0.3) is 0 Å². The molecule has 0 bridgehead atoms. The second kappa shape index (κ2) is 7.18. The minimum atomic E-state index is -0.960. The standard InChI is InChI=1S/C12H15O6S/c1-7(13)17-9-4-3-5-10(19-6-11(15)16)12(9)18-8(2)14/h3-5,9-10,12H,6H2,1-2H3,(H,15,16). The van der Waals surface area contributed by atoms with Crippen molar-refractivity contribution in [3.8, 4) is 0 Å². The molecule has 1 radical (unpaired) electrons. The Balaban J connectivity index is 2.77. The Bertz CT molecular complexity index is 392. The zero-order valence-corrected chi connectivity index (χ0v) is 11.4. The lowest BCUT2D eigenvalue weighted by Crippen LogP contribution is -2.43. The molecule has 0 heterocycles. The molecule has 0 saturated heterocycles. The first-order valence-corrected chi connectivity index (χ1v) is 6.64.